The van der Waals surface area contributed by atoms with Gasteiger partial charge in [0.15, 0.2) is 0 Å². The van der Waals surface area contributed by atoms with Crippen LogP contribution in [0.1, 0.15) is 0 Å². The van der Waals surface area contributed by atoms with Gasteiger partial charge in [-0.25, -0.2) is 0 Å². The number of nitrogens with two attached hydrogens (primary N) is 1. The molecule has 3 aromatic rings. The van der Waals surface area contributed by atoms with Gasteiger partial charge in [-0.2, -0.15) is 0 Å². The van der Waals surface area contributed by atoms with E-state index in [1.54, 1.807) is 24.3 Å². The molecule has 0 fully saturated rings. The fraction of sp³-hybridized carbons (Fsp3) is 0. The zero-order valence-electron chi connectivity index (χ0n) is 9.22. The molecule has 0 aliphatic rings. The second kappa shape index (κ2) is 3.92. The summed E-state index contributed by atoms with van der Waals surface area (Å²) in [4.78, 5) is 0. The number of phenols is 1. The van der Waals surface area contributed by atoms with E-state index in [0.717, 1.165) is 10.8 Å². The van der Waals surface area contributed by atoms with Crippen LogP contribution in [0.3, 0.4) is 0 Å². The molecule has 0 radical (unpaired) electrons. The third kappa shape index (κ3) is 1.67. The number of halogens is 1. The van der Waals surface area contributed by atoms with Crippen molar-refractivity contribution in [1.82, 2.24) is 5.16 Å². The van der Waals surface area contributed by atoms with Gasteiger partial charge < -0.3 is 15.4 Å². The van der Waals surface area contributed by atoms with Gasteiger partial charge in [0.1, 0.15) is 11.4 Å². The Hall–Kier alpha value is -2.20. The number of aromatic hydroxyl groups is 1. The van der Waals surface area contributed by atoms with E-state index < -0.39 is 0 Å². The van der Waals surface area contributed by atoms with Gasteiger partial charge in [0.25, 0.3) is 0 Å². The topological polar surface area (TPSA) is 72.3 Å². The lowest BCUT2D eigenvalue weighted by Gasteiger charge is -2.06. The fourth-order valence-corrected chi connectivity index (χ4v) is 2.15. The van der Waals surface area contributed by atoms with Crippen LogP contribution in [0.4, 0.5) is 5.88 Å². The minimum Gasteiger partial charge on any atom is -0.507 e. The lowest BCUT2D eigenvalue weighted by atomic mass is 10.0. The Morgan fingerprint density at radius 3 is 2.72 bits per heavy atom. The van der Waals surface area contributed by atoms with E-state index in [9.17, 15) is 5.11 Å². The van der Waals surface area contributed by atoms with Crippen molar-refractivity contribution in [3.63, 3.8) is 0 Å². The number of hydrogen-bond acceptors (Lipinski definition) is 4. The Morgan fingerprint density at radius 1 is 1.17 bits per heavy atom. The first kappa shape index (κ1) is 10.9. The lowest BCUT2D eigenvalue weighted by molar-refractivity contribution is 0.437. The lowest BCUT2D eigenvalue weighted by Crippen LogP contribution is -1.83. The van der Waals surface area contributed by atoms with Crippen molar-refractivity contribution in [3.05, 3.63) is 41.4 Å². The predicted molar refractivity (Wildman–Crippen MR) is 70.5 cm³/mol. The van der Waals surface area contributed by atoms with E-state index in [1.807, 2.05) is 12.1 Å². The zero-order chi connectivity index (χ0) is 12.7. The largest absolute Gasteiger partial charge is 0.507 e. The summed E-state index contributed by atoms with van der Waals surface area (Å²) in [6.45, 7) is 0. The second-order valence-electron chi connectivity index (χ2n) is 3.94. The van der Waals surface area contributed by atoms with Crippen LogP contribution in [0, 0.1) is 0 Å². The Balaban J connectivity index is 2.36. The molecule has 0 unspecified atom stereocenters. The van der Waals surface area contributed by atoms with Crippen LogP contribution < -0.4 is 5.73 Å². The molecule has 0 atom stereocenters. The van der Waals surface area contributed by atoms with Crippen molar-refractivity contribution in [2.24, 2.45) is 0 Å². The van der Waals surface area contributed by atoms with Gasteiger partial charge in [-0.1, -0.05) is 28.9 Å². The standard InChI is InChI=1S/C13H9ClN2O2/c14-8-2-3-9-7(5-8)1-4-11(17)13(9)10-6-12(15)18-16-10/h1-6,17H,15H2. The average molecular weight is 261 g/mol. The molecule has 5 heteroatoms. The molecule has 1 aromatic heterocycles. The molecule has 0 aliphatic heterocycles. The molecule has 0 amide bonds. The van der Waals surface area contributed by atoms with Gasteiger partial charge in [0, 0.05) is 11.1 Å². The monoisotopic (exact) mass is 260 g/mol. The highest BCUT2D eigenvalue weighted by molar-refractivity contribution is 6.31. The molecule has 0 saturated heterocycles. The minimum absolute atomic E-state index is 0.123. The summed E-state index contributed by atoms with van der Waals surface area (Å²) in [5, 5.41) is 16.2. The quantitative estimate of drug-likeness (QED) is 0.703. The molecular weight excluding hydrogens is 252 g/mol. The molecule has 0 saturated carbocycles. The first-order chi connectivity index (χ1) is 8.65. The number of fused-ring (bicyclic) bond motifs is 1. The molecule has 3 rings (SSSR count). The number of phenolic OH excluding ortho intramolecular Hbond substituents is 1. The smallest absolute Gasteiger partial charge is 0.222 e. The first-order valence-electron chi connectivity index (χ1n) is 5.29. The molecule has 2 aromatic carbocycles. The summed E-state index contributed by atoms with van der Waals surface area (Å²) in [5.74, 6) is 0.327. The van der Waals surface area contributed by atoms with E-state index in [0.29, 0.717) is 16.3 Å². The summed E-state index contributed by atoms with van der Waals surface area (Å²) in [6, 6.07) is 10.4. The third-order valence-electron chi connectivity index (χ3n) is 2.74. The van der Waals surface area contributed by atoms with Crippen LogP contribution in [0.15, 0.2) is 40.9 Å². The maximum Gasteiger partial charge on any atom is 0.222 e. The maximum absolute atomic E-state index is 9.99. The van der Waals surface area contributed by atoms with E-state index in [1.165, 1.54) is 0 Å². The highest BCUT2D eigenvalue weighted by Crippen LogP contribution is 2.37. The molecule has 0 spiro atoms. The van der Waals surface area contributed by atoms with Gasteiger partial charge in [-0.15, -0.1) is 0 Å². The van der Waals surface area contributed by atoms with Crippen LogP contribution in [0.25, 0.3) is 22.0 Å². The van der Waals surface area contributed by atoms with Crippen molar-refractivity contribution in [3.8, 4) is 17.0 Å². The highest BCUT2D eigenvalue weighted by atomic mass is 35.5. The van der Waals surface area contributed by atoms with E-state index in [-0.39, 0.29) is 11.6 Å². The Bertz CT molecular complexity index is 737. The third-order valence-corrected chi connectivity index (χ3v) is 2.98. The summed E-state index contributed by atoms with van der Waals surface area (Å²) in [5.41, 5.74) is 6.59. The number of benzene rings is 2. The fourth-order valence-electron chi connectivity index (χ4n) is 1.97. The Morgan fingerprint density at radius 2 is 2.00 bits per heavy atom. The number of anilines is 1. The number of hydrogen-bond donors (Lipinski definition) is 2. The van der Waals surface area contributed by atoms with Crippen LogP contribution in [-0.4, -0.2) is 10.3 Å². The van der Waals surface area contributed by atoms with Crippen LogP contribution in [0.2, 0.25) is 5.02 Å². The molecular formula is C13H9ClN2O2. The van der Waals surface area contributed by atoms with Crippen molar-refractivity contribution < 1.29 is 9.63 Å². The summed E-state index contributed by atoms with van der Waals surface area (Å²) in [7, 11) is 0. The maximum atomic E-state index is 9.99. The van der Waals surface area contributed by atoms with Gasteiger partial charge in [0.05, 0.1) is 5.56 Å². The second-order valence-corrected chi connectivity index (χ2v) is 4.38. The van der Waals surface area contributed by atoms with E-state index in [2.05, 4.69) is 5.16 Å². The number of aromatic nitrogens is 1. The van der Waals surface area contributed by atoms with Gasteiger partial charge in [-0.3, -0.25) is 0 Å². The van der Waals surface area contributed by atoms with Gasteiger partial charge >= 0.3 is 0 Å². The molecule has 4 nitrogen and oxygen atoms in total. The SMILES string of the molecule is Nc1cc(-c2c(O)ccc3cc(Cl)ccc23)no1. The predicted octanol–water partition coefficient (Wildman–Crippen LogP) is 3.44. The first-order valence-corrected chi connectivity index (χ1v) is 5.67. The van der Waals surface area contributed by atoms with Gasteiger partial charge in [-0.05, 0) is 29.0 Å². The normalized spacial score (nSPS) is 10.9. The number of nitrogen functional groups attached to an aromatic ring is 1. The molecule has 0 aliphatic carbocycles. The Labute approximate surface area is 108 Å². The number of nitrogens with zero attached hydrogens (tertiary/aromatic N) is 1. The highest BCUT2D eigenvalue weighted by Gasteiger charge is 2.13. The van der Waals surface area contributed by atoms with E-state index >= 15 is 0 Å². The van der Waals surface area contributed by atoms with Gasteiger partial charge in [0.2, 0.25) is 5.88 Å². The Kier molecular flexibility index (Phi) is 2.38. The van der Waals surface area contributed by atoms with E-state index in [4.69, 9.17) is 21.9 Å². The van der Waals surface area contributed by atoms with Crippen molar-refractivity contribution in [1.29, 1.82) is 0 Å². The zero-order valence-corrected chi connectivity index (χ0v) is 9.98. The van der Waals surface area contributed by atoms with Crippen molar-refractivity contribution >= 4 is 28.3 Å². The summed E-state index contributed by atoms with van der Waals surface area (Å²) in [6.07, 6.45) is 0. The van der Waals surface area contributed by atoms with Crippen molar-refractivity contribution in [2.45, 2.75) is 0 Å². The molecule has 1 heterocycles. The minimum atomic E-state index is 0.123. The molecule has 18 heavy (non-hydrogen) atoms. The number of rotatable bonds is 1. The van der Waals surface area contributed by atoms with Crippen LogP contribution >= 0.6 is 11.6 Å². The average Bonchev–Trinajstić information content (AvgIpc) is 2.76. The molecule has 90 valence electrons. The van der Waals surface area contributed by atoms with Crippen LogP contribution in [-0.2, 0) is 0 Å². The molecule has 3 N–H and O–H groups in total. The molecule has 0 bridgehead atoms. The summed E-state index contributed by atoms with van der Waals surface area (Å²) >= 11 is 5.94. The van der Waals surface area contributed by atoms with Crippen molar-refractivity contribution in [2.75, 3.05) is 5.73 Å². The van der Waals surface area contributed by atoms with Crippen LogP contribution in [0.5, 0.6) is 5.75 Å². The summed E-state index contributed by atoms with van der Waals surface area (Å²) < 4.78 is 4.84.